The summed E-state index contributed by atoms with van der Waals surface area (Å²) in [6, 6.07) is 0. The minimum absolute atomic E-state index is 0. The zero-order chi connectivity index (χ0) is 14.8. The first kappa shape index (κ1) is 21.3. The number of rotatable bonds is 7. The van der Waals surface area contributed by atoms with Crippen LogP contribution in [-0.4, -0.2) is 75.0 Å². The summed E-state index contributed by atoms with van der Waals surface area (Å²) in [7, 11) is 3.54. The molecule has 0 spiro atoms. The second-order valence-corrected chi connectivity index (χ2v) is 7.26. The molecule has 126 valence electrons. The first-order chi connectivity index (χ1) is 9.59. The fraction of sp³-hybridized carbons (Fsp3) is 0.929. The number of nitrogens with one attached hydrogen (secondary N) is 1. The van der Waals surface area contributed by atoms with Gasteiger partial charge in [0.25, 0.3) is 0 Å². The Kier molecular flexibility index (Phi) is 11.9. The molecule has 0 amide bonds. The highest BCUT2D eigenvalue weighted by atomic mass is 127. The van der Waals surface area contributed by atoms with E-state index in [-0.39, 0.29) is 24.0 Å². The van der Waals surface area contributed by atoms with Crippen molar-refractivity contribution < 1.29 is 9.47 Å². The number of ether oxygens (including phenoxy) is 2. The predicted molar refractivity (Wildman–Crippen MR) is 102 cm³/mol. The maximum absolute atomic E-state index is 5.45. The zero-order valence-corrected chi connectivity index (χ0v) is 16.8. The standard InChI is InChI=1S/C14H29N3O2S.HI/c1-14(2)12-17(7-11-20-14)13(15-3)16-6-5-8-19-10-9-18-4;/h5-12H2,1-4H3,(H,15,16);1H. The van der Waals surface area contributed by atoms with Gasteiger partial charge in [0.05, 0.1) is 13.2 Å². The van der Waals surface area contributed by atoms with Crippen LogP contribution in [0, 0.1) is 0 Å². The Morgan fingerprint density at radius 1 is 1.33 bits per heavy atom. The maximum Gasteiger partial charge on any atom is 0.193 e. The maximum atomic E-state index is 5.45. The highest BCUT2D eigenvalue weighted by Gasteiger charge is 2.28. The number of hydrogen-bond donors (Lipinski definition) is 1. The van der Waals surface area contributed by atoms with Gasteiger partial charge in [-0.05, 0) is 20.3 Å². The number of thioether (sulfide) groups is 1. The van der Waals surface area contributed by atoms with Crippen LogP contribution >= 0.6 is 35.7 Å². The lowest BCUT2D eigenvalue weighted by Crippen LogP contribution is -2.51. The molecule has 0 bridgehead atoms. The summed E-state index contributed by atoms with van der Waals surface area (Å²) >= 11 is 2.04. The SMILES string of the molecule is CN=C(NCCCOCCOC)N1CCSC(C)(C)C1.I. The van der Waals surface area contributed by atoms with E-state index in [2.05, 4.69) is 29.1 Å². The molecule has 5 nitrogen and oxygen atoms in total. The summed E-state index contributed by atoms with van der Waals surface area (Å²) in [5, 5.41) is 3.42. The van der Waals surface area contributed by atoms with Gasteiger partial charge in [-0.2, -0.15) is 11.8 Å². The van der Waals surface area contributed by atoms with Gasteiger partial charge in [0.2, 0.25) is 0 Å². The second kappa shape index (κ2) is 11.8. The quantitative estimate of drug-likeness (QED) is 0.290. The summed E-state index contributed by atoms with van der Waals surface area (Å²) in [6.07, 6.45) is 0.981. The van der Waals surface area contributed by atoms with E-state index in [9.17, 15) is 0 Å². The van der Waals surface area contributed by atoms with Crippen LogP contribution < -0.4 is 5.32 Å². The highest BCUT2D eigenvalue weighted by molar-refractivity contribution is 14.0. The van der Waals surface area contributed by atoms with Crippen molar-refractivity contribution in [3.8, 4) is 0 Å². The molecule has 0 aromatic carbocycles. The van der Waals surface area contributed by atoms with Crippen LogP contribution in [0.15, 0.2) is 4.99 Å². The van der Waals surface area contributed by atoms with E-state index in [1.54, 1.807) is 7.11 Å². The van der Waals surface area contributed by atoms with Crippen LogP contribution in [0.3, 0.4) is 0 Å². The van der Waals surface area contributed by atoms with Crippen molar-refractivity contribution in [3.05, 3.63) is 0 Å². The van der Waals surface area contributed by atoms with Crippen molar-refractivity contribution in [2.45, 2.75) is 25.0 Å². The smallest absolute Gasteiger partial charge is 0.193 e. The van der Waals surface area contributed by atoms with Gasteiger partial charge in [-0.25, -0.2) is 0 Å². The number of halogens is 1. The van der Waals surface area contributed by atoms with Crippen molar-refractivity contribution in [1.82, 2.24) is 10.2 Å². The van der Waals surface area contributed by atoms with Crippen molar-refractivity contribution in [2.24, 2.45) is 4.99 Å². The predicted octanol–water partition coefficient (Wildman–Crippen LogP) is 2.06. The highest BCUT2D eigenvalue weighted by Crippen LogP contribution is 2.29. The molecule has 0 unspecified atom stereocenters. The largest absolute Gasteiger partial charge is 0.382 e. The summed E-state index contributed by atoms with van der Waals surface area (Å²) < 4.78 is 10.7. The summed E-state index contributed by atoms with van der Waals surface area (Å²) in [4.78, 5) is 6.74. The number of guanidine groups is 1. The van der Waals surface area contributed by atoms with Crippen LogP contribution in [0.5, 0.6) is 0 Å². The second-order valence-electron chi connectivity index (χ2n) is 5.46. The first-order valence-electron chi connectivity index (χ1n) is 7.25. The first-order valence-corrected chi connectivity index (χ1v) is 8.24. The Morgan fingerprint density at radius 3 is 2.71 bits per heavy atom. The van der Waals surface area contributed by atoms with E-state index in [1.807, 2.05) is 18.8 Å². The Bertz CT molecular complexity index is 304. The Labute approximate surface area is 150 Å². The molecule has 0 aromatic heterocycles. The molecule has 1 aliphatic heterocycles. The van der Waals surface area contributed by atoms with Gasteiger partial charge in [-0.1, -0.05) is 0 Å². The van der Waals surface area contributed by atoms with Crippen LogP contribution in [0.2, 0.25) is 0 Å². The number of aliphatic imine (C=N–C) groups is 1. The molecule has 0 saturated carbocycles. The van der Waals surface area contributed by atoms with E-state index in [1.165, 1.54) is 0 Å². The number of methoxy groups -OCH3 is 1. The molecule has 0 aliphatic carbocycles. The van der Waals surface area contributed by atoms with Gasteiger partial charge >= 0.3 is 0 Å². The van der Waals surface area contributed by atoms with Crippen LogP contribution in [0.1, 0.15) is 20.3 Å². The van der Waals surface area contributed by atoms with Crippen molar-refractivity contribution in [1.29, 1.82) is 0 Å². The molecule has 1 saturated heterocycles. The van der Waals surface area contributed by atoms with Crippen LogP contribution in [0.4, 0.5) is 0 Å². The lowest BCUT2D eigenvalue weighted by Gasteiger charge is -2.39. The van der Waals surface area contributed by atoms with E-state index in [0.29, 0.717) is 18.0 Å². The Hall–Kier alpha value is 0.270. The Balaban J connectivity index is 0.00000400. The summed E-state index contributed by atoms with van der Waals surface area (Å²) in [5.41, 5.74) is 0. The molecule has 1 rings (SSSR count). The minimum Gasteiger partial charge on any atom is -0.382 e. The normalized spacial score (nSPS) is 18.3. The molecule has 7 heteroatoms. The van der Waals surface area contributed by atoms with Gasteiger partial charge in [0, 0.05) is 50.9 Å². The fourth-order valence-corrected chi connectivity index (χ4v) is 3.26. The monoisotopic (exact) mass is 431 g/mol. The zero-order valence-electron chi connectivity index (χ0n) is 13.7. The molecule has 1 heterocycles. The van der Waals surface area contributed by atoms with Crippen molar-refractivity contribution in [3.63, 3.8) is 0 Å². The van der Waals surface area contributed by atoms with Gasteiger partial charge in [0.15, 0.2) is 5.96 Å². The molecule has 1 aliphatic rings. The van der Waals surface area contributed by atoms with E-state index >= 15 is 0 Å². The third-order valence-electron chi connectivity index (χ3n) is 3.12. The van der Waals surface area contributed by atoms with Gasteiger partial charge in [0.1, 0.15) is 0 Å². The van der Waals surface area contributed by atoms with Crippen LogP contribution in [0.25, 0.3) is 0 Å². The minimum atomic E-state index is 0. The van der Waals surface area contributed by atoms with Gasteiger partial charge in [-0.3, -0.25) is 4.99 Å². The van der Waals surface area contributed by atoms with Crippen LogP contribution in [-0.2, 0) is 9.47 Å². The molecule has 0 atom stereocenters. The molecular formula is C14H30IN3O2S. The topological polar surface area (TPSA) is 46.1 Å². The third kappa shape index (κ3) is 9.10. The molecule has 0 radical (unpaired) electrons. The van der Waals surface area contributed by atoms with Crippen molar-refractivity contribution in [2.75, 3.05) is 59.4 Å². The fourth-order valence-electron chi connectivity index (χ4n) is 2.15. The lowest BCUT2D eigenvalue weighted by atomic mass is 10.2. The van der Waals surface area contributed by atoms with Crippen molar-refractivity contribution >= 4 is 41.7 Å². The molecular weight excluding hydrogens is 401 g/mol. The van der Waals surface area contributed by atoms with E-state index in [4.69, 9.17) is 9.47 Å². The Morgan fingerprint density at radius 2 is 2.10 bits per heavy atom. The average molecular weight is 431 g/mol. The number of hydrogen-bond acceptors (Lipinski definition) is 4. The number of nitrogens with zero attached hydrogens (tertiary/aromatic N) is 2. The van der Waals surface area contributed by atoms with E-state index in [0.717, 1.165) is 44.4 Å². The summed E-state index contributed by atoms with van der Waals surface area (Å²) in [6.45, 7) is 9.68. The average Bonchev–Trinajstić information content (AvgIpc) is 2.41. The van der Waals surface area contributed by atoms with E-state index < -0.39 is 0 Å². The molecule has 21 heavy (non-hydrogen) atoms. The van der Waals surface area contributed by atoms with Gasteiger partial charge < -0.3 is 19.7 Å². The molecule has 1 fully saturated rings. The molecule has 0 aromatic rings. The third-order valence-corrected chi connectivity index (χ3v) is 4.41. The summed E-state index contributed by atoms with van der Waals surface area (Å²) in [5.74, 6) is 2.17. The van der Waals surface area contributed by atoms with Gasteiger partial charge in [-0.15, -0.1) is 24.0 Å². The molecule has 1 N–H and O–H groups in total. The lowest BCUT2D eigenvalue weighted by molar-refractivity contribution is 0.0698.